The Bertz CT molecular complexity index is 731. The highest BCUT2D eigenvalue weighted by molar-refractivity contribution is 5.91. The molecule has 2 aromatic carbocycles. The average molecular weight is 348 g/mol. The first-order valence-electron chi connectivity index (χ1n) is 7.55. The molecule has 25 heavy (non-hydrogen) atoms. The van der Waals surface area contributed by atoms with Crippen molar-refractivity contribution in [3.63, 3.8) is 0 Å². The Morgan fingerprint density at radius 2 is 1.40 bits per heavy atom. The van der Waals surface area contributed by atoms with Gasteiger partial charge in [0.15, 0.2) is 0 Å². The number of nitrogens with one attached hydrogen (secondary N) is 4. The fourth-order valence-corrected chi connectivity index (χ4v) is 2.08. The topological polar surface area (TPSA) is 82.3 Å². The summed E-state index contributed by atoms with van der Waals surface area (Å²) >= 11 is 0. The van der Waals surface area contributed by atoms with E-state index < -0.39 is 17.7 Å². The maximum atomic E-state index is 13.1. The molecule has 4 amide bonds. The van der Waals surface area contributed by atoms with Gasteiger partial charge in [0.2, 0.25) is 0 Å². The van der Waals surface area contributed by atoms with Crippen molar-refractivity contribution in [1.82, 2.24) is 10.6 Å². The highest BCUT2D eigenvalue weighted by Gasteiger charge is 2.04. The third-order valence-electron chi connectivity index (χ3n) is 3.25. The summed E-state index contributed by atoms with van der Waals surface area (Å²) in [6.07, 6.45) is 0.303. The molecule has 0 fully saturated rings. The molecule has 0 aliphatic heterocycles. The lowest BCUT2D eigenvalue weighted by Crippen LogP contribution is -2.30. The molecule has 2 rings (SSSR count). The lowest BCUT2D eigenvalue weighted by Gasteiger charge is -2.09. The average Bonchev–Trinajstić information content (AvgIpc) is 2.55. The van der Waals surface area contributed by atoms with Gasteiger partial charge in [-0.15, -0.1) is 0 Å². The van der Waals surface area contributed by atoms with E-state index in [1.54, 1.807) is 24.3 Å². The molecular weight excluding hydrogens is 330 g/mol. The Balaban J connectivity index is 1.79. The van der Waals surface area contributed by atoms with Gasteiger partial charge >= 0.3 is 12.1 Å². The van der Waals surface area contributed by atoms with Gasteiger partial charge in [-0.1, -0.05) is 0 Å². The molecule has 0 radical (unpaired) electrons. The zero-order chi connectivity index (χ0) is 18.2. The number of benzene rings is 2. The van der Waals surface area contributed by atoms with Gasteiger partial charge in [0, 0.05) is 31.0 Å². The van der Waals surface area contributed by atoms with E-state index in [-0.39, 0.29) is 12.6 Å². The fraction of sp³-hybridized carbons (Fsp3) is 0.176. The van der Waals surface area contributed by atoms with Crippen LogP contribution in [-0.2, 0) is 6.42 Å². The SMILES string of the molecule is CNC(=O)Nc1ccc(NC(=O)NCCc2cc(F)cc(F)c2)cc1. The maximum Gasteiger partial charge on any atom is 0.319 e. The molecule has 0 bridgehead atoms. The van der Waals surface area contributed by atoms with Crippen molar-refractivity contribution in [3.05, 3.63) is 59.7 Å². The predicted molar refractivity (Wildman–Crippen MR) is 91.6 cm³/mol. The second-order valence-electron chi connectivity index (χ2n) is 5.19. The Morgan fingerprint density at radius 3 is 1.92 bits per heavy atom. The zero-order valence-corrected chi connectivity index (χ0v) is 13.5. The molecule has 0 aromatic heterocycles. The van der Waals surface area contributed by atoms with E-state index in [1.807, 2.05) is 0 Å². The Labute approximate surface area is 143 Å². The fourth-order valence-electron chi connectivity index (χ4n) is 2.08. The van der Waals surface area contributed by atoms with E-state index in [0.29, 0.717) is 23.4 Å². The number of halogens is 2. The van der Waals surface area contributed by atoms with E-state index in [1.165, 1.54) is 19.2 Å². The Hall–Kier alpha value is -3.16. The van der Waals surface area contributed by atoms with Crippen molar-refractivity contribution in [2.75, 3.05) is 24.2 Å². The summed E-state index contributed by atoms with van der Waals surface area (Å²) in [7, 11) is 1.51. The van der Waals surface area contributed by atoms with Gasteiger partial charge < -0.3 is 21.3 Å². The molecule has 0 heterocycles. The molecule has 8 heteroatoms. The van der Waals surface area contributed by atoms with Crippen molar-refractivity contribution in [2.24, 2.45) is 0 Å². The van der Waals surface area contributed by atoms with Crippen LogP contribution in [0.5, 0.6) is 0 Å². The first kappa shape index (κ1) is 18.2. The van der Waals surface area contributed by atoms with Gasteiger partial charge in [-0.05, 0) is 48.4 Å². The minimum Gasteiger partial charge on any atom is -0.341 e. The number of carbonyl (C=O) groups excluding carboxylic acids is 2. The largest absolute Gasteiger partial charge is 0.341 e. The summed E-state index contributed by atoms with van der Waals surface area (Å²) in [5, 5.41) is 10.2. The number of carbonyl (C=O) groups is 2. The number of hydrogen-bond acceptors (Lipinski definition) is 2. The molecule has 4 N–H and O–H groups in total. The zero-order valence-electron chi connectivity index (χ0n) is 13.5. The van der Waals surface area contributed by atoms with Crippen LogP contribution in [0.1, 0.15) is 5.56 Å². The monoisotopic (exact) mass is 348 g/mol. The van der Waals surface area contributed by atoms with Gasteiger partial charge in [0.1, 0.15) is 11.6 Å². The van der Waals surface area contributed by atoms with Gasteiger partial charge in [0.25, 0.3) is 0 Å². The van der Waals surface area contributed by atoms with Crippen molar-refractivity contribution in [1.29, 1.82) is 0 Å². The smallest absolute Gasteiger partial charge is 0.319 e. The van der Waals surface area contributed by atoms with Crippen LogP contribution in [0.3, 0.4) is 0 Å². The summed E-state index contributed by atoms with van der Waals surface area (Å²) < 4.78 is 26.1. The van der Waals surface area contributed by atoms with Crippen LogP contribution in [-0.4, -0.2) is 25.7 Å². The number of rotatable bonds is 5. The van der Waals surface area contributed by atoms with Crippen molar-refractivity contribution >= 4 is 23.4 Å². The van der Waals surface area contributed by atoms with E-state index in [4.69, 9.17) is 0 Å². The molecular formula is C17H18F2N4O2. The Morgan fingerprint density at radius 1 is 0.880 bits per heavy atom. The molecule has 0 saturated carbocycles. The van der Waals surface area contributed by atoms with E-state index in [2.05, 4.69) is 21.3 Å². The molecule has 0 spiro atoms. The van der Waals surface area contributed by atoms with Crippen molar-refractivity contribution in [2.45, 2.75) is 6.42 Å². The van der Waals surface area contributed by atoms with Crippen LogP contribution in [0.15, 0.2) is 42.5 Å². The maximum absolute atomic E-state index is 13.1. The van der Waals surface area contributed by atoms with Gasteiger partial charge in [-0.2, -0.15) is 0 Å². The molecule has 0 atom stereocenters. The van der Waals surface area contributed by atoms with Gasteiger partial charge in [-0.25, -0.2) is 18.4 Å². The van der Waals surface area contributed by atoms with Crippen LogP contribution in [0, 0.1) is 11.6 Å². The Kier molecular flexibility index (Phi) is 6.27. The van der Waals surface area contributed by atoms with Gasteiger partial charge in [-0.3, -0.25) is 0 Å². The second-order valence-corrected chi connectivity index (χ2v) is 5.19. The molecule has 0 aliphatic rings. The number of amides is 4. The molecule has 6 nitrogen and oxygen atoms in total. The minimum absolute atomic E-state index is 0.227. The van der Waals surface area contributed by atoms with Gasteiger partial charge in [0.05, 0.1) is 0 Å². The minimum atomic E-state index is -0.648. The van der Waals surface area contributed by atoms with Crippen molar-refractivity contribution < 1.29 is 18.4 Å². The summed E-state index contributed by atoms with van der Waals surface area (Å²) in [5.41, 5.74) is 1.58. The second kappa shape index (κ2) is 8.62. The normalized spacial score (nSPS) is 10.0. The summed E-state index contributed by atoms with van der Waals surface area (Å²) in [6.45, 7) is 0.227. The first-order valence-corrected chi connectivity index (χ1v) is 7.55. The van der Waals surface area contributed by atoms with Crippen molar-refractivity contribution in [3.8, 4) is 0 Å². The standard InChI is InChI=1S/C17H18F2N4O2/c1-20-16(24)22-14-2-4-15(5-3-14)23-17(25)21-7-6-11-8-12(18)10-13(19)9-11/h2-5,8-10H,6-7H2,1H3,(H2,20,22,24)(H2,21,23,25). The van der Waals surface area contributed by atoms with E-state index >= 15 is 0 Å². The summed E-state index contributed by atoms with van der Waals surface area (Å²) in [4.78, 5) is 23.0. The number of urea groups is 2. The highest BCUT2D eigenvalue weighted by atomic mass is 19.1. The molecule has 0 saturated heterocycles. The van der Waals surface area contributed by atoms with Crippen LogP contribution >= 0.6 is 0 Å². The van der Waals surface area contributed by atoms with E-state index in [0.717, 1.165) is 6.07 Å². The number of hydrogen-bond donors (Lipinski definition) is 4. The van der Waals surface area contributed by atoms with Crippen LogP contribution in [0.25, 0.3) is 0 Å². The quantitative estimate of drug-likeness (QED) is 0.670. The summed E-state index contributed by atoms with van der Waals surface area (Å²) in [5.74, 6) is -1.30. The van der Waals surface area contributed by atoms with Crippen LogP contribution in [0.4, 0.5) is 29.7 Å². The third kappa shape index (κ3) is 6.09. The first-order chi connectivity index (χ1) is 12.0. The van der Waals surface area contributed by atoms with Crippen LogP contribution < -0.4 is 21.3 Å². The summed E-state index contributed by atoms with van der Waals surface area (Å²) in [6, 6.07) is 9.00. The van der Waals surface area contributed by atoms with Crippen LogP contribution in [0.2, 0.25) is 0 Å². The van der Waals surface area contributed by atoms with E-state index in [9.17, 15) is 18.4 Å². The molecule has 0 aliphatic carbocycles. The lowest BCUT2D eigenvalue weighted by atomic mass is 10.1. The lowest BCUT2D eigenvalue weighted by molar-refractivity contribution is 0.252. The molecule has 2 aromatic rings. The molecule has 132 valence electrons. The molecule has 0 unspecified atom stereocenters. The third-order valence-corrected chi connectivity index (χ3v) is 3.25. The highest BCUT2D eigenvalue weighted by Crippen LogP contribution is 2.13. The number of anilines is 2. The predicted octanol–water partition coefficient (Wildman–Crippen LogP) is 3.08.